The van der Waals surface area contributed by atoms with E-state index >= 15 is 0 Å². The van der Waals surface area contributed by atoms with Gasteiger partial charge in [0.1, 0.15) is 5.82 Å². The van der Waals surface area contributed by atoms with E-state index in [-0.39, 0.29) is 0 Å². The van der Waals surface area contributed by atoms with E-state index < -0.39 is 0 Å². The van der Waals surface area contributed by atoms with Gasteiger partial charge in [0.05, 0.1) is 5.69 Å². The van der Waals surface area contributed by atoms with Gasteiger partial charge in [-0.25, -0.2) is 0 Å². The number of aryl methyl sites for hydroxylation is 2. The first-order valence-electron chi connectivity index (χ1n) is 4.49. The molecule has 2 aromatic rings. The van der Waals surface area contributed by atoms with Crippen molar-refractivity contribution in [3.63, 3.8) is 0 Å². The number of nitrogens with two attached hydrogens (primary N) is 1. The zero-order valence-electron chi connectivity index (χ0n) is 8.52. The van der Waals surface area contributed by atoms with Gasteiger partial charge in [-0.05, 0) is 31.5 Å². The van der Waals surface area contributed by atoms with Gasteiger partial charge in [-0.1, -0.05) is 6.07 Å². The van der Waals surface area contributed by atoms with E-state index in [9.17, 15) is 0 Å². The number of benzene rings is 1. The molecule has 0 aliphatic heterocycles. The van der Waals surface area contributed by atoms with Crippen molar-refractivity contribution in [3.8, 4) is 10.9 Å². The van der Waals surface area contributed by atoms with E-state index in [0.29, 0.717) is 22.5 Å². The van der Waals surface area contributed by atoms with E-state index in [0.717, 1.165) is 5.56 Å². The van der Waals surface area contributed by atoms with Crippen LogP contribution in [-0.4, -0.2) is 9.36 Å². The summed E-state index contributed by atoms with van der Waals surface area (Å²) in [5.74, 6) is 1.34. The van der Waals surface area contributed by atoms with Gasteiger partial charge in [-0.2, -0.15) is 9.36 Å². The lowest BCUT2D eigenvalue weighted by atomic mass is 10.2. The fourth-order valence-electron chi connectivity index (χ4n) is 1.14. The predicted molar refractivity (Wildman–Crippen MR) is 60.3 cm³/mol. The number of hydrogen-bond acceptors (Lipinski definition) is 5. The summed E-state index contributed by atoms with van der Waals surface area (Å²) in [4.78, 5) is 4.11. The summed E-state index contributed by atoms with van der Waals surface area (Å²) < 4.78 is 9.56. The number of nitrogens with zero attached hydrogens (tertiary/aromatic N) is 2. The maximum atomic E-state index is 5.78. The lowest BCUT2D eigenvalue weighted by molar-refractivity contribution is 0.480. The van der Waals surface area contributed by atoms with Gasteiger partial charge in [-0.3, -0.25) is 0 Å². The third-order valence-corrected chi connectivity index (χ3v) is 2.56. The molecule has 78 valence electrons. The van der Waals surface area contributed by atoms with Crippen LogP contribution in [0, 0.1) is 13.8 Å². The summed E-state index contributed by atoms with van der Waals surface area (Å²) in [6, 6.07) is 5.64. The molecule has 0 bridgehead atoms. The second-order valence-electron chi connectivity index (χ2n) is 3.25. The normalized spacial score (nSPS) is 10.3. The minimum absolute atomic E-state index is 0.518. The van der Waals surface area contributed by atoms with Gasteiger partial charge >= 0.3 is 0 Å². The average Bonchev–Trinajstić information content (AvgIpc) is 2.58. The van der Waals surface area contributed by atoms with Crippen molar-refractivity contribution < 1.29 is 4.74 Å². The Kier molecular flexibility index (Phi) is 2.55. The average molecular weight is 221 g/mol. The summed E-state index contributed by atoms with van der Waals surface area (Å²) in [6.07, 6.45) is 0. The van der Waals surface area contributed by atoms with Crippen LogP contribution < -0.4 is 10.5 Å². The van der Waals surface area contributed by atoms with Crippen molar-refractivity contribution >= 4 is 17.2 Å². The van der Waals surface area contributed by atoms with E-state index in [2.05, 4.69) is 9.36 Å². The van der Waals surface area contributed by atoms with Crippen LogP contribution in [0.25, 0.3) is 0 Å². The Hall–Kier alpha value is -1.62. The van der Waals surface area contributed by atoms with Crippen molar-refractivity contribution in [2.24, 2.45) is 0 Å². The Balaban J connectivity index is 2.27. The Morgan fingerprint density at radius 2 is 2.13 bits per heavy atom. The minimum atomic E-state index is 0.518. The molecule has 0 saturated carbocycles. The molecule has 1 heterocycles. The minimum Gasteiger partial charge on any atom is -0.428 e. The highest BCUT2D eigenvalue weighted by Gasteiger charge is 2.06. The van der Waals surface area contributed by atoms with Crippen LogP contribution in [0.5, 0.6) is 10.9 Å². The van der Waals surface area contributed by atoms with E-state index in [1.165, 1.54) is 11.5 Å². The quantitative estimate of drug-likeness (QED) is 0.791. The predicted octanol–water partition coefficient (Wildman–Crippen LogP) is 2.53. The highest BCUT2D eigenvalue weighted by atomic mass is 32.1. The van der Waals surface area contributed by atoms with Crippen LogP contribution in [-0.2, 0) is 0 Å². The molecule has 4 nitrogen and oxygen atoms in total. The first-order valence-corrected chi connectivity index (χ1v) is 5.27. The lowest BCUT2D eigenvalue weighted by Gasteiger charge is -2.05. The molecule has 2 rings (SSSR count). The van der Waals surface area contributed by atoms with Crippen LogP contribution in [0.1, 0.15) is 11.4 Å². The maximum absolute atomic E-state index is 5.78. The van der Waals surface area contributed by atoms with Crippen molar-refractivity contribution in [3.05, 3.63) is 29.6 Å². The Morgan fingerprint density at radius 3 is 2.80 bits per heavy atom. The molecular formula is C10H11N3OS. The first kappa shape index (κ1) is 9.92. The third kappa shape index (κ3) is 2.24. The summed E-state index contributed by atoms with van der Waals surface area (Å²) >= 11 is 1.22. The molecular weight excluding hydrogens is 210 g/mol. The molecule has 0 unspecified atom stereocenters. The smallest absolute Gasteiger partial charge is 0.298 e. The number of nitrogen functional groups attached to an aromatic ring is 1. The van der Waals surface area contributed by atoms with Gasteiger partial charge in [0.2, 0.25) is 0 Å². The molecule has 5 heteroatoms. The molecule has 0 aliphatic rings. The molecule has 0 radical (unpaired) electrons. The van der Waals surface area contributed by atoms with Crippen LogP contribution in [0.15, 0.2) is 18.2 Å². The number of hydrogen-bond donors (Lipinski definition) is 1. The summed E-state index contributed by atoms with van der Waals surface area (Å²) in [6.45, 7) is 3.81. The highest BCUT2D eigenvalue weighted by Crippen LogP contribution is 2.28. The topological polar surface area (TPSA) is 61.0 Å². The van der Waals surface area contributed by atoms with Crippen molar-refractivity contribution in [1.29, 1.82) is 0 Å². The summed E-state index contributed by atoms with van der Waals surface area (Å²) in [5, 5.41) is 0.518. The zero-order valence-corrected chi connectivity index (χ0v) is 9.34. The van der Waals surface area contributed by atoms with Gasteiger partial charge in [0.15, 0.2) is 5.75 Å². The van der Waals surface area contributed by atoms with Crippen molar-refractivity contribution in [2.75, 3.05) is 5.73 Å². The molecule has 0 atom stereocenters. The van der Waals surface area contributed by atoms with E-state index in [1.807, 2.05) is 32.0 Å². The molecule has 0 spiro atoms. The molecule has 0 amide bonds. The van der Waals surface area contributed by atoms with Gasteiger partial charge in [0.25, 0.3) is 5.19 Å². The molecule has 1 aromatic carbocycles. The summed E-state index contributed by atoms with van der Waals surface area (Å²) in [5.41, 5.74) is 7.48. The van der Waals surface area contributed by atoms with Crippen LogP contribution >= 0.6 is 11.5 Å². The Morgan fingerprint density at radius 1 is 1.33 bits per heavy atom. The molecule has 2 N–H and O–H groups in total. The SMILES string of the molecule is Cc1ccc(N)c(Oc2nc(C)ns2)c1. The number of aromatic nitrogens is 2. The second kappa shape index (κ2) is 3.86. The van der Waals surface area contributed by atoms with Gasteiger partial charge in [-0.15, -0.1) is 0 Å². The highest BCUT2D eigenvalue weighted by molar-refractivity contribution is 7.07. The third-order valence-electron chi connectivity index (χ3n) is 1.88. The van der Waals surface area contributed by atoms with Gasteiger partial charge < -0.3 is 10.5 Å². The first-order chi connectivity index (χ1) is 7.15. The Labute approximate surface area is 91.9 Å². The molecule has 1 aromatic heterocycles. The largest absolute Gasteiger partial charge is 0.428 e. The molecule has 0 fully saturated rings. The lowest BCUT2D eigenvalue weighted by Crippen LogP contribution is -1.92. The fourth-order valence-corrected chi connectivity index (χ4v) is 1.69. The van der Waals surface area contributed by atoms with Crippen LogP contribution in [0.3, 0.4) is 0 Å². The summed E-state index contributed by atoms with van der Waals surface area (Å²) in [7, 11) is 0. The molecule has 0 aliphatic carbocycles. The maximum Gasteiger partial charge on any atom is 0.298 e. The van der Waals surface area contributed by atoms with E-state index in [1.54, 1.807) is 0 Å². The van der Waals surface area contributed by atoms with Crippen molar-refractivity contribution in [2.45, 2.75) is 13.8 Å². The molecule has 0 saturated heterocycles. The second-order valence-corrected chi connectivity index (χ2v) is 3.97. The van der Waals surface area contributed by atoms with Crippen LogP contribution in [0.4, 0.5) is 5.69 Å². The zero-order chi connectivity index (χ0) is 10.8. The van der Waals surface area contributed by atoms with Crippen molar-refractivity contribution in [1.82, 2.24) is 9.36 Å². The standard InChI is InChI=1S/C10H11N3OS/c1-6-3-4-8(11)9(5-6)14-10-12-7(2)13-15-10/h3-5H,11H2,1-2H3. The monoisotopic (exact) mass is 221 g/mol. The number of ether oxygens (including phenoxy) is 1. The molecule has 15 heavy (non-hydrogen) atoms. The number of anilines is 1. The van der Waals surface area contributed by atoms with Crippen LogP contribution in [0.2, 0.25) is 0 Å². The van der Waals surface area contributed by atoms with Gasteiger partial charge in [0, 0.05) is 11.5 Å². The van der Waals surface area contributed by atoms with E-state index in [4.69, 9.17) is 10.5 Å². The Bertz CT molecular complexity index is 481. The number of rotatable bonds is 2. The fraction of sp³-hybridized carbons (Fsp3) is 0.200.